The molecule has 31 heavy (non-hydrogen) atoms. The number of hydrogen-bond donors (Lipinski definition) is 0. The molecule has 0 saturated carbocycles. The summed E-state index contributed by atoms with van der Waals surface area (Å²) in [5, 5.41) is 10.7. The number of carbonyl (C=O) groups excluding carboxylic acids is 2. The molecular weight excluding hydrogens is 404 g/mol. The van der Waals surface area contributed by atoms with Crippen LogP contribution in [0.15, 0.2) is 48.5 Å². The third-order valence-corrected chi connectivity index (χ3v) is 5.06. The summed E-state index contributed by atoms with van der Waals surface area (Å²) in [4.78, 5) is 36.5. The van der Waals surface area contributed by atoms with E-state index < -0.39 is 23.0 Å². The van der Waals surface area contributed by atoms with Crippen LogP contribution in [0.5, 0.6) is 5.75 Å². The van der Waals surface area contributed by atoms with Crippen molar-refractivity contribution in [2.45, 2.75) is 31.9 Å². The number of esters is 1. The second-order valence-corrected chi connectivity index (χ2v) is 7.10. The number of benzene rings is 2. The molecule has 1 aliphatic rings. The number of amides is 1. The van der Waals surface area contributed by atoms with Crippen LogP contribution in [-0.4, -0.2) is 48.2 Å². The van der Waals surface area contributed by atoms with E-state index in [-0.39, 0.29) is 18.9 Å². The molecule has 0 N–H and O–H groups in total. The van der Waals surface area contributed by atoms with Crippen molar-refractivity contribution in [1.82, 2.24) is 4.90 Å². The van der Waals surface area contributed by atoms with E-state index in [2.05, 4.69) is 0 Å². The Morgan fingerprint density at radius 2 is 1.74 bits per heavy atom. The van der Waals surface area contributed by atoms with Gasteiger partial charge in [0.2, 0.25) is 0 Å². The average Bonchev–Trinajstić information content (AvgIpc) is 3.28. The SMILES string of the molecule is COc1ccc(CCOC(=O)N2CCCC2C(=O)OCc2ccc([N+](=O)[O-])cc2)cc1. The quantitative estimate of drug-likeness (QED) is 0.360. The van der Waals surface area contributed by atoms with Gasteiger partial charge in [0.15, 0.2) is 0 Å². The first-order valence-electron chi connectivity index (χ1n) is 9.94. The van der Waals surface area contributed by atoms with Gasteiger partial charge in [-0.15, -0.1) is 0 Å². The molecule has 0 bridgehead atoms. The molecule has 0 aromatic heterocycles. The highest BCUT2D eigenvalue weighted by Gasteiger charge is 2.36. The van der Waals surface area contributed by atoms with Gasteiger partial charge in [-0.2, -0.15) is 0 Å². The molecule has 3 rings (SSSR count). The molecule has 1 atom stereocenters. The lowest BCUT2D eigenvalue weighted by molar-refractivity contribution is -0.384. The monoisotopic (exact) mass is 428 g/mol. The van der Waals surface area contributed by atoms with Crippen molar-refractivity contribution < 1.29 is 28.7 Å². The highest BCUT2D eigenvalue weighted by atomic mass is 16.6. The molecule has 1 fully saturated rings. The van der Waals surface area contributed by atoms with Crippen molar-refractivity contribution >= 4 is 17.7 Å². The van der Waals surface area contributed by atoms with Gasteiger partial charge in [-0.25, -0.2) is 9.59 Å². The molecule has 9 nitrogen and oxygen atoms in total. The van der Waals surface area contributed by atoms with Crippen LogP contribution in [0.3, 0.4) is 0 Å². The summed E-state index contributed by atoms with van der Waals surface area (Å²) >= 11 is 0. The summed E-state index contributed by atoms with van der Waals surface area (Å²) in [7, 11) is 1.60. The van der Waals surface area contributed by atoms with E-state index in [0.29, 0.717) is 31.4 Å². The van der Waals surface area contributed by atoms with Gasteiger partial charge in [-0.1, -0.05) is 12.1 Å². The van der Waals surface area contributed by atoms with Crippen LogP contribution in [-0.2, 0) is 27.3 Å². The van der Waals surface area contributed by atoms with E-state index in [1.54, 1.807) is 7.11 Å². The molecule has 1 amide bonds. The number of methoxy groups -OCH3 is 1. The van der Waals surface area contributed by atoms with Crippen LogP contribution in [0.1, 0.15) is 24.0 Å². The summed E-state index contributed by atoms with van der Waals surface area (Å²) in [5.74, 6) is 0.246. The number of rotatable bonds is 8. The zero-order chi connectivity index (χ0) is 22.2. The maximum atomic E-state index is 12.5. The molecule has 1 heterocycles. The number of hydrogen-bond acceptors (Lipinski definition) is 7. The first-order chi connectivity index (χ1) is 15.0. The minimum Gasteiger partial charge on any atom is -0.497 e. The number of non-ortho nitro benzene ring substituents is 1. The van der Waals surface area contributed by atoms with E-state index >= 15 is 0 Å². The van der Waals surface area contributed by atoms with Crippen LogP contribution >= 0.6 is 0 Å². The Morgan fingerprint density at radius 3 is 2.39 bits per heavy atom. The van der Waals surface area contributed by atoms with Gasteiger partial charge in [0.1, 0.15) is 18.4 Å². The number of nitro benzene ring substituents is 1. The summed E-state index contributed by atoms with van der Waals surface area (Å²) in [6, 6.07) is 12.6. The molecular formula is C22H24N2O7. The minimum absolute atomic E-state index is 0.0202. The van der Waals surface area contributed by atoms with Crippen molar-refractivity contribution in [1.29, 1.82) is 0 Å². The van der Waals surface area contributed by atoms with Gasteiger partial charge in [0.25, 0.3) is 5.69 Å². The number of carbonyl (C=O) groups is 2. The Bertz CT molecular complexity index is 912. The highest BCUT2D eigenvalue weighted by molar-refractivity contribution is 5.82. The van der Waals surface area contributed by atoms with Crippen LogP contribution in [0.4, 0.5) is 10.5 Å². The fraction of sp³-hybridized carbons (Fsp3) is 0.364. The van der Waals surface area contributed by atoms with Gasteiger partial charge in [0, 0.05) is 25.1 Å². The number of likely N-dealkylation sites (tertiary alicyclic amines) is 1. The molecule has 1 saturated heterocycles. The maximum absolute atomic E-state index is 12.5. The predicted molar refractivity (Wildman–Crippen MR) is 111 cm³/mol. The summed E-state index contributed by atoms with van der Waals surface area (Å²) in [5.41, 5.74) is 1.61. The van der Waals surface area contributed by atoms with E-state index in [0.717, 1.165) is 11.3 Å². The molecule has 2 aromatic rings. The molecule has 9 heteroatoms. The summed E-state index contributed by atoms with van der Waals surface area (Å²) in [6.45, 7) is 0.610. The van der Waals surface area contributed by atoms with E-state index in [4.69, 9.17) is 14.2 Å². The van der Waals surface area contributed by atoms with E-state index in [1.807, 2.05) is 24.3 Å². The fourth-order valence-electron chi connectivity index (χ4n) is 3.33. The smallest absolute Gasteiger partial charge is 0.410 e. The Hall–Kier alpha value is -3.62. The van der Waals surface area contributed by atoms with E-state index in [1.165, 1.54) is 29.2 Å². The molecule has 0 aliphatic carbocycles. The molecule has 0 spiro atoms. The minimum atomic E-state index is -0.688. The zero-order valence-electron chi connectivity index (χ0n) is 17.2. The molecule has 1 aliphatic heterocycles. The van der Waals surface area contributed by atoms with Crippen LogP contribution in [0.2, 0.25) is 0 Å². The average molecular weight is 428 g/mol. The Labute approximate surface area is 179 Å². The number of nitro groups is 1. The van der Waals surface area contributed by atoms with Gasteiger partial charge in [-0.05, 0) is 48.2 Å². The maximum Gasteiger partial charge on any atom is 0.410 e. The molecule has 2 aromatic carbocycles. The van der Waals surface area contributed by atoms with Crippen molar-refractivity contribution in [2.24, 2.45) is 0 Å². The highest BCUT2D eigenvalue weighted by Crippen LogP contribution is 2.21. The van der Waals surface area contributed by atoms with Crippen LogP contribution in [0, 0.1) is 10.1 Å². The Kier molecular flexibility index (Phi) is 7.42. The molecule has 0 radical (unpaired) electrons. The second-order valence-electron chi connectivity index (χ2n) is 7.10. The number of nitrogens with zero attached hydrogens (tertiary/aromatic N) is 2. The molecule has 1 unspecified atom stereocenters. The van der Waals surface area contributed by atoms with Crippen molar-refractivity contribution in [2.75, 3.05) is 20.3 Å². The lowest BCUT2D eigenvalue weighted by atomic mass is 10.1. The lowest BCUT2D eigenvalue weighted by Crippen LogP contribution is -2.41. The number of ether oxygens (including phenoxy) is 3. The zero-order valence-corrected chi connectivity index (χ0v) is 17.2. The predicted octanol–water partition coefficient (Wildman–Crippen LogP) is 3.49. The standard InChI is InChI=1S/C22H24N2O7/c1-29-19-10-6-16(7-11-19)12-14-30-22(26)23-13-2-3-20(23)21(25)31-15-17-4-8-18(9-5-17)24(27)28/h4-11,20H,2-3,12-15H2,1H3. The van der Waals surface area contributed by atoms with Crippen LogP contribution in [0.25, 0.3) is 0 Å². The summed E-state index contributed by atoms with van der Waals surface area (Å²) < 4.78 is 15.8. The Balaban J connectivity index is 1.46. The van der Waals surface area contributed by atoms with Gasteiger partial charge < -0.3 is 14.2 Å². The Morgan fingerprint density at radius 1 is 1.06 bits per heavy atom. The summed E-state index contributed by atoms with van der Waals surface area (Å²) in [6.07, 6.45) is 1.21. The topological polar surface area (TPSA) is 108 Å². The van der Waals surface area contributed by atoms with Crippen LogP contribution < -0.4 is 4.74 Å². The second kappa shape index (κ2) is 10.4. The van der Waals surface area contributed by atoms with E-state index in [9.17, 15) is 19.7 Å². The van der Waals surface area contributed by atoms with Gasteiger partial charge >= 0.3 is 12.1 Å². The molecule has 164 valence electrons. The van der Waals surface area contributed by atoms with Crippen molar-refractivity contribution in [3.8, 4) is 5.75 Å². The first kappa shape index (κ1) is 22.1. The van der Waals surface area contributed by atoms with Gasteiger partial charge in [0.05, 0.1) is 18.6 Å². The lowest BCUT2D eigenvalue weighted by Gasteiger charge is -2.22. The first-order valence-corrected chi connectivity index (χ1v) is 9.94. The fourth-order valence-corrected chi connectivity index (χ4v) is 3.33. The van der Waals surface area contributed by atoms with Crippen molar-refractivity contribution in [3.05, 3.63) is 69.8 Å². The normalized spacial score (nSPS) is 15.4. The third-order valence-electron chi connectivity index (χ3n) is 5.06. The largest absolute Gasteiger partial charge is 0.497 e. The third kappa shape index (κ3) is 5.94. The van der Waals surface area contributed by atoms with Crippen molar-refractivity contribution in [3.63, 3.8) is 0 Å². The van der Waals surface area contributed by atoms with Gasteiger partial charge in [-0.3, -0.25) is 15.0 Å².